The molecule has 0 saturated carbocycles. The Morgan fingerprint density at radius 2 is 1.51 bits per heavy atom. The van der Waals surface area contributed by atoms with Gasteiger partial charge in [0.15, 0.2) is 11.6 Å². The number of imidazole rings is 1. The zero-order chi connectivity index (χ0) is 30.2. The lowest BCUT2D eigenvalue weighted by Gasteiger charge is -2.43. The van der Waals surface area contributed by atoms with Gasteiger partial charge < -0.3 is 24.1 Å². The number of hydrogen-bond acceptors (Lipinski definition) is 8. The topological polar surface area (TPSA) is 123 Å². The summed E-state index contributed by atoms with van der Waals surface area (Å²) in [6.45, 7) is 9.66. The summed E-state index contributed by atoms with van der Waals surface area (Å²) in [7, 11) is -4.16. The van der Waals surface area contributed by atoms with Gasteiger partial charge in [0, 0.05) is 26.5 Å². The van der Waals surface area contributed by atoms with E-state index >= 15 is 0 Å². The maximum Gasteiger partial charge on any atom is 0.308 e. The average Bonchev–Trinajstić information content (AvgIpc) is 3.54. The third-order valence-corrected chi connectivity index (χ3v) is 14.1. The molecule has 0 unspecified atom stereocenters. The quantitative estimate of drug-likeness (QED) is 0.338. The summed E-state index contributed by atoms with van der Waals surface area (Å²) in [5, 5.41) is 24.8. The Kier molecular flexibility index (Phi) is 8.98. The van der Waals surface area contributed by atoms with Crippen molar-refractivity contribution in [2.24, 2.45) is 0 Å². The van der Waals surface area contributed by atoms with Crippen molar-refractivity contribution < 1.29 is 32.5 Å². The minimum absolute atomic E-state index is 0.106. The van der Waals surface area contributed by atoms with E-state index in [1.54, 1.807) is 13.8 Å². The fourth-order valence-electron chi connectivity index (χ4n) is 5.45. The molecule has 1 aliphatic heterocycles. The zero-order valence-corrected chi connectivity index (χ0v) is 26.4. The summed E-state index contributed by atoms with van der Waals surface area (Å²) in [4.78, 5) is 4.11. The molecule has 0 radical (unpaired) electrons. The van der Waals surface area contributed by atoms with Crippen LogP contribution in [0.3, 0.4) is 0 Å². The summed E-state index contributed by atoms with van der Waals surface area (Å²) in [5.74, 6) is -1.30. The fraction of sp³-hybridized carbons (Fsp3) is 0.483. The van der Waals surface area contributed by atoms with Crippen LogP contribution in [0.15, 0.2) is 73.1 Å². The first-order valence-corrected chi connectivity index (χ1v) is 16.9. The van der Waals surface area contributed by atoms with Gasteiger partial charge >= 0.3 is 10.2 Å². The molecule has 1 saturated heterocycles. The molecule has 4 atom stereocenters. The highest BCUT2D eigenvalue weighted by molar-refractivity contribution is 7.87. The predicted octanol–water partition coefficient (Wildman–Crippen LogP) is 2.03. The largest absolute Gasteiger partial charge is 0.405 e. The average molecular weight is 604 g/mol. The van der Waals surface area contributed by atoms with Crippen LogP contribution in [-0.2, 0) is 24.1 Å². The second-order valence-corrected chi connectivity index (χ2v) is 18.2. The second kappa shape index (κ2) is 11.7. The lowest BCUT2D eigenvalue weighted by molar-refractivity contribution is -0.162. The molecule has 3 aromatic rings. The number of rotatable bonds is 10. The van der Waals surface area contributed by atoms with Gasteiger partial charge in [-0.1, -0.05) is 81.4 Å². The van der Waals surface area contributed by atoms with Crippen LogP contribution in [0.4, 0.5) is 0 Å². The van der Waals surface area contributed by atoms with Crippen LogP contribution in [0.2, 0.25) is 5.04 Å². The standard InChI is InChI=1S/C29H41N3O7SSi/c1-28(2,3)41(21-14-10-8-11-15-21,22-16-12-9-13-17-22)37-20-23(33)25-26(39-29(4,5)38-25)24(34)27-30-18-19-32(27)40(35,36)31(6)7/h8-19,23-26,33-34H,20H2,1-7H3/t23-,24-,25-,26+/m1/s1. The number of hydrogen-bond donors (Lipinski definition) is 2. The van der Waals surface area contributed by atoms with E-state index in [1.165, 1.54) is 26.5 Å². The van der Waals surface area contributed by atoms with Crippen LogP contribution in [0.1, 0.15) is 46.5 Å². The number of ether oxygens (including phenoxy) is 2. The number of nitrogens with zero attached hydrogens (tertiary/aromatic N) is 3. The first-order chi connectivity index (χ1) is 19.1. The van der Waals surface area contributed by atoms with E-state index < -0.39 is 48.7 Å². The monoisotopic (exact) mass is 603 g/mol. The molecule has 1 fully saturated rings. The molecule has 1 aliphatic rings. The van der Waals surface area contributed by atoms with Gasteiger partial charge in [0.1, 0.15) is 24.4 Å². The molecule has 2 heterocycles. The van der Waals surface area contributed by atoms with Crippen molar-refractivity contribution in [3.8, 4) is 0 Å². The van der Waals surface area contributed by atoms with Crippen molar-refractivity contribution in [3.63, 3.8) is 0 Å². The van der Waals surface area contributed by atoms with E-state index in [0.717, 1.165) is 18.7 Å². The molecule has 2 N–H and O–H groups in total. The molecule has 0 bridgehead atoms. The Labute approximate surface area is 243 Å². The molecule has 224 valence electrons. The first-order valence-electron chi connectivity index (χ1n) is 13.5. The second-order valence-electron chi connectivity index (χ2n) is 11.9. The van der Waals surface area contributed by atoms with E-state index in [4.69, 9.17) is 13.9 Å². The van der Waals surface area contributed by atoms with Crippen LogP contribution < -0.4 is 10.4 Å². The molecule has 0 spiro atoms. The van der Waals surface area contributed by atoms with Crippen LogP contribution in [0.25, 0.3) is 0 Å². The van der Waals surface area contributed by atoms with Crippen LogP contribution in [0.5, 0.6) is 0 Å². The summed E-state index contributed by atoms with van der Waals surface area (Å²) < 4.78 is 46.6. The van der Waals surface area contributed by atoms with Crippen molar-refractivity contribution in [1.29, 1.82) is 0 Å². The van der Waals surface area contributed by atoms with Crippen LogP contribution >= 0.6 is 0 Å². The van der Waals surface area contributed by atoms with Gasteiger partial charge in [-0.05, 0) is 29.3 Å². The van der Waals surface area contributed by atoms with Gasteiger partial charge in [0.25, 0.3) is 8.32 Å². The van der Waals surface area contributed by atoms with Gasteiger partial charge in [-0.2, -0.15) is 12.7 Å². The van der Waals surface area contributed by atoms with Crippen molar-refractivity contribution in [1.82, 2.24) is 13.3 Å². The summed E-state index contributed by atoms with van der Waals surface area (Å²) >= 11 is 0. The molecule has 12 heteroatoms. The lowest BCUT2D eigenvalue weighted by Crippen LogP contribution is -2.67. The van der Waals surface area contributed by atoms with Gasteiger partial charge in [0.05, 0.1) is 6.61 Å². The number of aliphatic hydroxyl groups is 2. The third kappa shape index (κ3) is 6.06. The van der Waals surface area contributed by atoms with E-state index in [2.05, 4.69) is 50.0 Å². The Morgan fingerprint density at radius 3 is 2.00 bits per heavy atom. The lowest BCUT2D eigenvalue weighted by atomic mass is 10.0. The molecule has 0 amide bonds. The SMILES string of the molecule is CN(C)S(=O)(=O)n1ccnc1[C@H](O)[C@@H]1OC(C)(C)O[C@@H]1[C@H](O)CO[Si](c1ccccc1)(c1ccccc1)C(C)(C)C. The molecule has 2 aromatic carbocycles. The van der Waals surface area contributed by atoms with Crippen molar-refractivity contribution in [2.45, 2.75) is 69.9 Å². The first kappa shape index (κ1) is 31.5. The van der Waals surface area contributed by atoms with Gasteiger partial charge in [-0.3, -0.25) is 0 Å². The molecule has 10 nitrogen and oxygen atoms in total. The molecule has 4 rings (SSSR count). The summed E-state index contributed by atoms with van der Waals surface area (Å²) in [6, 6.07) is 20.1. The maximum absolute atomic E-state index is 12.9. The van der Waals surface area contributed by atoms with Gasteiger partial charge in [0.2, 0.25) is 0 Å². The zero-order valence-electron chi connectivity index (χ0n) is 24.6. The minimum Gasteiger partial charge on any atom is -0.405 e. The highest BCUT2D eigenvalue weighted by Gasteiger charge is 2.53. The number of benzene rings is 2. The third-order valence-electron chi connectivity index (χ3n) is 7.35. The van der Waals surface area contributed by atoms with Crippen LogP contribution in [-0.4, -0.2) is 85.0 Å². The molecule has 0 aliphatic carbocycles. The van der Waals surface area contributed by atoms with Crippen LogP contribution in [0, 0.1) is 0 Å². The molecule has 41 heavy (non-hydrogen) atoms. The fourth-order valence-corrected chi connectivity index (χ4v) is 11.0. The van der Waals surface area contributed by atoms with E-state index in [-0.39, 0.29) is 17.5 Å². The van der Waals surface area contributed by atoms with Gasteiger partial charge in [-0.25, -0.2) is 8.96 Å². The molecule has 1 aromatic heterocycles. The van der Waals surface area contributed by atoms with E-state index in [1.807, 2.05) is 36.4 Å². The Morgan fingerprint density at radius 1 is 1.00 bits per heavy atom. The van der Waals surface area contributed by atoms with E-state index in [0.29, 0.717) is 0 Å². The number of aliphatic hydroxyl groups excluding tert-OH is 2. The van der Waals surface area contributed by atoms with Crippen molar-refractivity contribution >= 4 is 28.9 Å². The smallest absolute Gasteiger partial charge is 0.308 e. The summed E-state index contributed by atoms with van der Waals surface area (Å²) in [6.07, 6.45) is -2.35. The Hall–Kier alpha value is -2.42. The maximum atomic E-state index is 12.9. The predicted molar refractivity (Wildman–Crippen MR) is 159 cm³/mol. The molecular weight excluding hydrogens is 562 g/mol. The van der Waals surface area contributed by atoms with Crippen molar-refractivity contribution in [3.05, 3.63) is 78.9 Å². The highest BCUT2D eigenvalue weighted by atomic mass is 32.2. The number of aromatic nitrogens is 2. The van der Waals surface area contributed by atoms with E-state index in [9.17, 15) is 18.6 Å². The Balaban J connectivity index is 1.68. The minimum atomic E-state index is -3.96. The summed E-state index contributed by atoms with van der Waals surface area (Å²) in [5.41, 5.74) is 0. The Bertz CT molecular complexity index is 1370. The molecular formula is C29H41N3O7SSi. The van der Waals surface area contributed by atoms with Gasteiger partial charge in [-0.15, -0.1) is 0 Å². The highest BCUT2D eigenvalue weighted by Crippen LogP contribution is 2.39. The normalized spacial score (nSPS) is 21.2. The van der Waals surface area contributed by atoms with Crippen molar-refractivity contribution in [2.75, 3.05) is 20.7 Å².